The van der Waals surface area contributed by atoms with Crippen LogP contribution in [0.25, 0.3) is 0 Å². The number of aliphatic carboxylic acids is 1. The smallest absolute Gasteiger partial charge is 0.312 e. The predicted molar refractivity (Wildman–Crippen MR) is 70.6 cm³/mol. The minimum atomic E-state index is -3.76. The zero-order valence-electron chi connectivity index (χ0n) is 10.4. The highest BCUT2D eigenvalue weighted by Crippen LogP contribution is 2.16. The van der Waals surface area contributed by atoms with Gasteiger partial charge in [0.25, 0.3) is 0 Å². The number of H-pyrrole nitrogens is 1. The first-order chi connectivity index (χ1) is 9.50. The zero-order chi connectivity index (χ0) is 14.6. The van der Waals surface area contributed by atoms with Crippen molar-refractivity contribution in [1.82, 2.24) is 14.9 Å². The van der Waals surface area contributed by atoms with Gasteiger partial charge in [0.05, 0.1) is 12.1 Å². The summed E-state index contributed by atoms with van der Waals surface area (Å²) in [6.07, 6.45) is 2.38. The maximum atomic E-state index is 11.9. The number of nitrogens with one attached hydrogen (secondary N) is 2. The number of benzene rings is 1. The highest BCUT2D eigenvalue weighted by Gasteiger charge is 2.23. The summed E-state index contributed by atoms with van der Waals surface area (Å²) >= 11 is 0. The van der Waals surface area contributed by atoms with Crippen LogP contribution in [0.15, 0.2) is 47.6 Å². The standard InChI is InChI=1S/C12H13N3O4S/c16-12(17)11(9-4-2-1-3-5-9)8-15-20(18,19)10-6-13-14-7-10/h1-7,11,15H,8H2,(H,13,14)(H,16,17). The van der Waals surface area contributed by atoms with Gasteiger partial charge in [-0.25, -0.2) is 13.1 Å². The van der Waals surface area contributed by atoms with E-state index in [4.69, 9.17) is 0 Å². The Morgan fingerprint density at radius 1 is 1.35 bits per heavy atom. The molecule has 1 heterocycles. The number of hydrogen-bond acceptors (Lipinski definition) is 4. The maximum Gasteiger partial charge on any atom is 0.312 e. The van der Waals surface area contributed by atoms with Gasteiger partial charge < -0.3 is 5.11 Å². The van der Waals surface area contributed by atoms with Crippen LogP contribution in [0.5, 0.6) is 0 Å². The lowest BCUT2D eigenvalue weighted by molar-refractivity contribution is -0.138. The largest absolute Gasteiger partial charge is 0.481 e. The van der Waals surface area contributed by atoms with Crippen molar-refractivity contribution in [3.63, 3.8) is 0 Å². The van der Waals surface area contributed by atoms with Gasteiger partial charge in [-0.3, -0.25) is 9.89 Å². The monoisotopic (exact) mass is 295 g/mol. The van der Waals surface area contributed by atoms with Crippen LogP contribution in [0.4, 0.5) is 0 Å². The summed E-state index contributed by atoms with van der Waals surface area (Å²) < 4.78 is 26.0. The molecule has 8 heteroatoms. The Labute approximate surface area is 115 Å². The molecule has 106 valence electrons. The Kier molecular flexibility index (Phi) is 4.16. The highest BCUT2D eigenvalue weighted by atomic mass is 32.2. The SMILES string of the molecule is O=C(O)C(CNS(=O)(=O)c1cn[nH]c1)c1ccccc1. The highest BCUT2D eigenvalue weighted by molar-refractivity contribution is 7.89. The Bertz CT molecular complexity index is 668. The molecule has 0 bridgehead atoms. The lowest BCUT2D eigenvalue weighted by atomic mass is 10.00. The fraction of sp³-hybridized carbons (Fsp3) is 0.167. The van der Waals surface area contributed by atoms with E-state index in [0.717, 1.165) is 6.20 Å². The average Bonchev–Trinajstić information content (AvgIpc) is 2.94. The van der Waals surface area contributed by atoms with Crippen LogP contribution in [-0.2, 0) is 14.8 Å². The molecule has 0 saturated carbocycles. The van der Waals surface area contributed by atoms with E-state index >= 15 is 0 Å². The molecule has 1 atom stereocenters. The molecule has 0 radical (unpaired) electrons. The molecule has 1 aromatic carbocycles. The van der Waals surface area contributed by atoms with Gasteiger partial charge in [-0.1, -0.05) is 30.3 Å². The second kappa shape index (κ2) is 5.85. The number of nitrogens with zero attached hydrogens (tertiary/aromatic N) is 1. The molecule has 0 spiro atoms. The molecule has 0 aliphatic carbocycles. The fourth-order valence-electron chi connectivity index (χ4n) is 1.70. The van der Waals surface area contributed by atoms with E-state index < -0.39 is 21.9 Å². The fourth-order valence-corrected chi connectivity index (χ4v) is 2.65. The van der Waals surface area contributed by atoms with Gasteiger partial charge in [-0.15, -0.1) is 0 Å². The Hall–Kier alpha value is -2.19. The van der Waals surface area contributed by atoms with Crippen LogP contribution in [-0.4, -0.2) is 36.2 Å². The third kappa shape index (κ3) is 3.22. The van der Waals surface area contributed by atoms with Crippen LogP contribution in [0.3, 0.4) is 0 Å². The number of hydrogen-bond donors (Lipinski definition) is 3. The summed E-state index contributed by atoms with van der Waals surface area (Å²) in [5.41, 5.74) is 0.537. The van der Waals surface area contributed by atoms with Crippen LogP contribution >= 0.6 is 0 Å². The van der Waals surface area contributed by atoms with Crippen molar-refractivity contribution >= 4 is 16.0 Å². The first-order valence-corrected chi connectivity index (χ1v) is 7.25. The molecule has 0 aliphatic heterocycles. The molecule has 0 amide bonds. The molecular weight excluding hydrogens is 282 g/mol. The summed E-state index contributed by atoms with van der Waals surface area (Å²) in [5, 5.41) is 15.1. The average molecular weight is 295 g/mol. The Balaban J connectivity index is 2.13. The summed E-state index contributed by atoms with van der Waals surface area (Å²) in [7, 11) is -3.76. The van der Waals surface area contributed by atoms with Crippen LogP contribution in [0.2, 0.25) is 0 Å². The molecule has 3 N–H and O–H groups in total. The Morgan fingerprint density at radius 2 is 2.05 bits per heavy atom. The second-order valence-electron chi connectivity index (χ2n) is 4.09. The summed E-state index contributed by atoms with van der Waals surface area (Å²) in [4.78, 5) is 11.2. The van der Waals surface area contributed by atoms with Crippen molar-refractivity contribution in [2.45, 2.75) is 10.8 Å². The number of aromatic nitrogens is 2. The van der Waals surface area contributed by atoms with E-state index in [1.807, 2.05) is 0 Å². The zero-order valence-corrected chi connectivity index (χ0v) is 11.2. The normalized spacial score (nSPS) is 13.0. The Morgan fingerprint density at radius 3 is 2.60 bits per heavy atom. The van der Waals surface area contributed by atoms with Crippen molar-refractivity contribution in [2.75, 3.05) is 6.54 Å². The van der Waals surface area contributed by atoms with Gasteiger partial charge in [0.2, 0.25) is 10.0 Å². The van der Waals surface area contributed by atoms with Gasteiger partial charge in [-0.05, 0) is 5.56 Å². The van der Waals surface area contributed by atoms with Crippen LogP contribution < -0.4 is 4.72 Å². The van der Waals surface area contributed by atoms with Gasteiger partial charge in [-0.2, -0.15) is 5.10 Å². The summed E-state index contributed by atoms with van der Waals surface area (Å²) in [6, 6.07) is 8.46. The van der Waals surface area contributed by atoms with Crippen molar-refractivity contribution in [3.8, 4) is 0 Å². The lowest BCUT2D eigenvalue weighted by Gasteiger charge is -2.13. The number of carboxylic acid groups (broad SMARTS) is 1. The number of carbonyl (C=O) groups is 1. The van der Waals surface area contributed by atoms with Crippen molar-refractivity contribution < 1.29 is 18.3 Å². The maximum absolute atomic E-state index is 11.9. The molecule has 2 aromatic rings. The van der Waals surface area contributed by atoms with E-state index in [-0.39, 0.29) is 11.4 Å². The second-order valence-corrected chi connectivity index (χ2v) is 5.85. The molecule has 0 aliphatic rings. The molecule has 2 rings (SSSR count). The quantitative estimate of drug-likeness (QED) is 0.720. The van der Waals surface area contributed by atoms with E-state index in [2.05, 4.69) is 14.9 Å². The van der Waals surface area contributed by atoms with Gasteiger partial charge in [0.1, 0.15) is 4.90 Å². The number of sulfonamides is 1. The number of carboxylic acids is 1. The van der Waals surface area contributed by atoms with Gasteiger partial charge >= 0.3 is 5.97 Å². The van der Waals surface area contributed by atoms with E-state index in [1.165, 1.54) is 6.20 Å². The van der Waals surface area contributed by atoms with Crippen molar-refractivity contribution in [2.24, 2.45) is 0 Å². The molecule has 0 fully saturated rings. The summed E-state index contributed by atoms with van der Waals surface area (Å²) in [6.45, 7) is -0.229. The molecule has 20 heavy (non-hydrogen) atoms. The third-order valence-electron chi connectivity index (χ3n) is 2.76. The topological polar surface area (TPSA) is 112 Å². The minimum Gasteiger partial charge on any atom is -0.481 e. The molecule has 7 nitrogen and oxygen atoms in total. The van der Waals surface area contributed by atoms with E-state index in [9.17, 15) is 18.3 Å². The number of rotatable bonds is 6. The first-order valence-electron chi connectivity index (χ1n) is 5.77. The molecule has 1 aromatic heterocycles. The minimum absolute atomic E-state index is 0.0327. The van der Waals surface area contributed by atoms with Gasteiger partial charge in [0, 0.05) is 12.7 Å². The van der Waals surface area contributed by atoms with Crippen LogP contribution in [0.1, 0.15) is 11.5 Å². The van der Waals surface area contributed by atoms with Crippen LogP contribution in [0, 0.1) is 0 Å². The van der Waals surface area contributed by atoms with Crippen molar-refractivity contribution in [3.05, 3.63) is 48.3 Å². The predicted octanol–water partition coefficient (Wildman–Crippen LogP) is 0.556. The summed E-state index contributed by atoms with van der Waals surface area (Å²) in [5.74, 6) is -2.04. The van der Waals surface area contributed by atoms with Gasteiger partial charge in [0.15, 0.2) is 0 Å². The third-order valence-corrected chi connectivity index (χ3v) is 4.15. The van der Waals surface area contributed by atoms with E-state index in [0.29, 0.717) is 5.56 Å². The first kappa shape index (κ1) is 14.2. The number of aromatic amines is 1. The van der Waals surface area contributed by atoms with E-state index in [1.54, 1.807) is 30.3 Å². The molecule has 0 saturated heterocycles. The molecular formula is C12H13N3O4S. The lowest BCUT2D eigenvalue weighted by Crippen LogP contribution is -2.31. The van der Waals surface area contributed by atoms with Crippen molar-refractivity contribution in [1.29, 1.82) is 0 Å². The molecule has 1 unspecified atom stereocenters.